The number of benzene rings is 1. The zero-order valence-corrected chi connectivity index (χ0v) is 14.2. The van der Waals surface area contributed by atoms with Crippen LogP contribution in [0.5, 0.6) is 0 Å². The van der Waals surface area contributed by atoms with Crippen LogP contribution in [0.4, 0.5) is 0 Å². The van der Waals surface area contributed by atoms with Gasteiger partial charge in [-0.25, -0.2) is 0 Å². The lowest BCUT2D eigenvalue weighted by Gasteiger charge is -2.17. The molecule has 1 aromatic heterocycles. The van der Waals surface area contributed by atoms with Crippen molar-refractivity contribution in [1.29, 1.82) is 0 Å². The molecule has 2 aromatic rings. The third-order valence-electron chi connectivity index (χ3n) is 3.19. The number of hydrogen-bond acceptors (Lipinski definition) is 3. The molecule has 0 aliphatic rings. The van der Waals surface area contributed by atoms with Crippen molar-refractivity contribution in [3.8, 4) is 0 Å². The summed E-state index contributed by atoms with van der Waals surface area (Å²) in [7, 11) is 2.12. The minimum atomic E-state index is 0.833. The molecule has 0 bridgehead atoms. The van der Waals surface area contributed by atoms with E-state index in [0.717, 1.165) is 42.0 Å². The molecule has 112 valence electrons. The lowest BCUT2D eigenvalue weighted by atomic mass is 10.2. The summed E-state index contributed by atoms with van der Waals surface area (Å²) in [5, 5.41) is 3.31. The van der Waals surface area contributed by atoms with E-state index < -0.39 is 0 Å². The van der Waals surface area contributed by atoms with Gasteiger partial charge < -0.3 is 5.32 Å². The van der Waals surface area contributed by atoms with Crippen LogP contribution in [-0.2, 0) is 19.6 Å². The molecule has 0 saturated carbocycles. The minimum absolute atomic E-state index is 0.833. The summed E-state index contributed by atoms with van der Waals surface area (Å²) in [6.07, 6.45) is 0. The standard InChI is InChI=1S/C17H22BrN3/c1-3-19-11-16-8-5-9-17(20-16)13-21(2)12-14-6-4-7-15(18)10-14/h4-10,19H,3,11-13H2,1-2H3. The van der Waals surface area contributed by atoms with E-state index in [9.17, 15) is 0 Å². The Morgan fingerprint density at radius 2 is 1.86 bits per heavy atom. The molecule has 0 spiro atoms. The van der Waals surface area contributed by atoms with Gasteiger partial charge in [0.25, 0.3) is 0 Å². The van der Waals surface area contributed by atoms with Crippen molar-refractivity contribution in [1.82, 2.24) is 15.2 Å². The molecule has 0 amide bonds. The Hall–Kier alpha value is -1.23. The van der Waals surface area contributed by atoms with Crippen LogP contribution in [0.2, 0.25) is 0 Å². The lowest BCUT2D eigenvalue weighted by Crippen LogP contribution is -2.19. The topological polar surface area (TPSA) is 28.2 Å². The Bertz CT molecular complexity index is 571. The zero-order chi connectivity index (χ0) is 15.1. The second-order valence-electron chi connectivity index (χ2n) is 5.20. The zero-order valence-electron chi connectivity index (χ0n) is 12.6. The van der Waals surface area contributed by atoms with Gasteiger partial charge in [0.15, 0.2) is 0 Å². The van der Waals surface area contributed by atoms with E-state index in [0.29, 0.717) is 0 Å². The number of pyridine rings is 1. The fourth-order valence-electron chi connectivity index (χ4n) is 2.25. The van der Waals surface area contributed by atoms with E-state index in [1.54, 1.807) is 0 Å². The molecule has 21 heavy (non-hydrogen) atoms. The Morgan fingerprint density at radius 1 is 1.10 bits per heavy atom. The largest absolute Gasteiger partial charge is 0.311 e. The SMILES string of the molecule is CCNCc1cccc(CN(C)Cc2cccc(Br)c2)n1. The first kappa shape index (κ1) is 16.1. The second kappa shape index (κ2) is 8.27. The molecule has 0 radical (unpaired) electrons. The van der Waals surface area contributed by atoms with E-state index >= 15 is 0 Å². The monoisotopic (exact) mass is 347 g/mol. The van der Waals surface area contributed by atoms with Gasteiger partial charge in [-0.15, -0.1) is 0 Å². The molecule has 1 N–H and O–H groups in total. The fraction of sp³-hybridized carbons (Fsp3) is 0.353. The first-order valence-corrected chi connectivity index (χ1v) is 8.05. The van der Waals surface area contributed by atoms with Gasteiger partial charge in [-0.2, -0.15) is 0 Å². The summed E-state index contributed by atoms with van der Waals surface area (Å²) in [6.45, 7) is 5.68. The second-order valence-corrected chi connectivity index (χ2v) is 6.12. The molecule has 0 aliphatic heterocycles. The maximum absolute atomic E-state index is 4.70. The van der Waals surface area contributed by atoms with Crippen LogP contribution >= 0.6 is 15.9 Å². The maximum Gasteiger partial charge on any atom is 0.0547 e. The quantitative estimate of drug-likeness (QED) is 0.829. The van der Waals surface area contributed by atoms with E-state index in [4.69, 9.17) is 4.98 Å². The van der Waals surface area contributed by atoms with Gasteiger partial charge in [-0.3, -0.25) is 9.88 Å². The molecular weight excluding hydrogens is 326 g/mol. The van der Waals surface area contributed by atoms with Crippen molar-refractivity contribution in [2.24, 2.45) is 0 Å². The third-order valence-corrected chi connectivity index (χ3v) is 3.69. The Labute approximate surface area is 135 Å². The highest BCUT2D eigenvalue weighted by Crippen LogP contribution is 2.14. The van der Waals surface area contributed by atoms with Crippen LogP contribution in [0.3, 0.4) is 0 Å². The van der Waals surface area contributed by atoms with Crippen molar-refractivity contribution >= 4 is 15.9 Å². The van der Waals surface area contributed by atoms with Gasteiger partial charge in [-0.05, 0) is 43.4 Å². The lowest BCUT2D eigenvalue weighted by molar-refractivity contribution is 0.314. The van der Waals surface area contributed by atoms with Gasteiger partial charge >= 0.3 is 0 Å². The van der Waals surface area contributed by atoms with Crippen LogP contribution in [-0.4, -0.2) is 23.5 Å². The van der Waals surface area contributed by atoms with Crippen LogP contribution < -0.4 is 5.32 Å². The van der Waals surface area contributed by atoms with E-state index in [2.05, 4.69) is 82.6 Å². The molecule has 1 aromatic carbocycles. The third kappa shape index (κ3) is 5.58. The Balaban J connectivity index is 1.94. The molecule has 2 rings (SSSR count). The first-order valence-electron chi connectivity index (χ1n) is 7.26. The van der Waals surface area contributed by atoms with Gasteiger partial charge in [-0.1, -0.05) is 41.1 Å². The van der Waals surface area contributed by atoms with Gasteiger partial charge in [0, 0.05) is 24.1 Å². The summed E-state index contributed by atoms with van der Waals surface area (Å²) in [6, 6.07) is 14.7. The summed E-state index contributed by atoms with van der Waals surface area (Å²) in [5.41, 5.74) is 3.52. The molecule has 0 atom stereocenters. The van der Waals surface area contributed by atoms with Crippen molar-refractivity contribution in [3.63, 3.8) is 0 Å². The smallest absolute Gasteiger partial charge is 0.0547 e. The molecular formula is C17H22BrN3. The highest BCUT2D eigenvalue weighted by Gasteiger charge is 2.04. The number of nitrogens with zero attached hydrogens (tertiary/aromatic N) is 2. The summed E-state index contributed by atoms with van der Waals surface area (Å²) >= 11 is 3.51. The molecule has 0 unspecified atom stereocenters. The molecule has 0 aliphatic carbocycles. The predicted molar refractivity (Wildman–Crippen MR) is 90.9 cm³/mol. The van der Waals surface area contributed by atoms with E-state index in [1.165, 1.54) is 5.56 Å². The van der Waals surface area contributed by atoms with Crippen LogP contribution in [0.15, 0.2) is 46.9 Å². The first-order chi connectivity index (χ1) is 10.2. The molecule has 4 heteroatoms. The summed E-state index contributed by atoms with van der Waals surface area (Å²) in [4.78, 5) is 6.97. The Kier molecular flexibility index (Phi) is 6.36. The van der Waals surface area contributed by atoms with E-state index in [-0.39, 0.29) is 0 Å². The van der Waals surface area contributed by atoms with Crippen molar-refractivity contribution in [2.75, 3.05) is 13.6 Å². The molecule has 3 nitrogen and oxygen atoms in total. The Morgan fingerprint density at radius 3 is 2.62 bits per heavy atom. The molecule has 0 saturated heterocycles. The van der Waals surface area contributed by atoms with Crippen molar-refractivity contribution in [3.05, 3.63) is 63.9 Å². The van der Waals surface area contributed by atoms with Gasteiger partial charge in [0.2, 0.25) is 0 Å². The number of hydrogen-bond donors (Lipinski definition) is 1. The van der Waals surface area contributed by atoms with Crippen molar-refractivity contribution < 1.29 is 0 Å². The van der Waals surface area contributed by atoms with Crippen LogP contribution in [0.1, 0.15) is 23.9 Å². The maximum atomic E-state index is 4.70. The number of rotatable bonds is 7. The van der Waals surface area contributed by atoms with Gasteiger partial charge in [0.05, 0.1) is 11.4 Å². The fourth-order valence-corrected chi connectivity index (χ4v) is 2.69. The highest BCUT2D eigenvalue weighted by atomic mass is 79.9. The van der Waals surface area contributed by atoms with Crippen LogP contribution in [0, 0.1) is 0 Å². The number of aromatic nitrogens is 1. The van der Waals surface area contributed by atoms with E-state index in [1.807, 2.05) is 0 Å². The predicted octanol–water partition coefficient (Wildman–Crippen LogP) is 3.59. The average Bonchev–Trinajstić information content (AvgIpc) is 2.45. The normalized spacial score (nSPS) is 11.0. The minimum Gasteiger partial charge on any atom is -0.311 e. The van der Waals surface area contributed by atoms with Crippen LogP contribution in [0.25, 0.3) is 0 Å². The van der Waals surface area contributed by atoms with Crippen molar-refractivity contribution in [2.45, 2.75) is 26.6 Å². The summed E-state index contributed by atoms with van der Waals surface area (Å²) < 4.78 is 1.12. The molecule has 0 fully saturated rings. The number of halogens is 1. The number of nitrogens with one attached hydrogen (secondary N) is 1. The highest BCUT2D eigenvalue weighted by molar-refractivity contribution is 9.10. The molecule has 1 heterocycles. The average molecular weight is 348 g/mol. The van der Waals surface area contributed by atoms with Gasteiger partial charge in [0.1, 0.15) is 0 Å². The summed E-state index contributed by atoms with van der Waals surface area (Å²) in [5.74, 6) is 0.